The maximum atomic E-state index is 12.8. The molecule has 0 aromatic carbocycles. The minimum Gasteiger partial charge on any atom is -0.462 e. The topological polar surface area (TPSA) is 78.9 Å². The van der Waals surface area contributed by atoms with Crippen LogP contribution in [0.15, 0.2) is 122 Å². The van der Waals surface area contributed by atoms with Crippen LogP contribution in [0, 0.1) is 0 Å². The van der Waals surface area contributed by atoms with Crippen LogP contribution in [0.3, 0.4) is 0 Å². The highest BCUT2D eigenvalue weighted by Gasteiger charge is 2.19. The minimum absolute atomic E-state index is 0.108. The Morgan fingerprint density at radius 2 is 0.651 bits per heavy atom. The van der Waals surface area contributed by atoms with Gasteiger partial charge in [0.15, 0.2) is 6.10 Å². The average Bonchev–Trinajstić information content (AvgIpc) is 3.28. The Morgan fingerprint density at radius 1 is 0.333 bits per heavy atom. The van der Waals surface area contributed by atoms with E-state index in [9.17, 15) is 14.4 Å². The summed E-state index contributed by atoms with van der Waals surface area (Å²) in [5.74, 6) is -0.980. The molecule has 0 fully saturated rings. The average molecular weight is 871 g/mol. The lowest BCUT2D eigenvalue weighted by molar-refractivity contribution is -0.167. The Bertz CT molecular complexity index is 1370. The Balaban J connectivity index is 4.52. The van der Waals surface area contributed by atoms with Crippen molar-refractivity contribution in [3.05, 3.63) is 122 Å². The molecule has 0 bridgehead atoms. The van der Waals surface area contributed by atoms with Crippen molar-refractivity contribution >= 4 is 17.9 Å². The van der Waals surface area contributed by atoms with Crippen molar-refractivity contribution < 1.29 is 28.6 Å². The Morgan fingerprint density at radius 3 is 1.10 bits per heavy atom. The van der Waals surface area contributed by atoms with E-state index in [2.05, 4.69) is 93.7 Å². The second-order valence-electron chi connectivity index (χ2n) is 16.1. The number of allylic oxidation sites excluding steroid dienone is 20. The van der Waals surface area contributed by atoms with Crippen LogP contribution in [-0.4, -0.2) is 37.2 Å². The Hall–Kier alpha value is -4.19. The van der Waals surface area contributed by atoms with E-state index in [1.165, 1.54) is 38.5 Å². The van der Waals surface area contributed by atoms with E-state index < -0.39 is 6.10 Å². The second-order valence-corrected chi connectivity index (χ2v) is 16.1. The van der Waals surface area contributed by atoms with Crippen LogP contribution in [0.1, 0.15) is 201 Å². The number of esters is 3. The van der Waals surface area contributed by atoms with E-state index in [0.717, 1.165) is 116 Å². The van der Waals surface area contributed by atoms with Gasteiger partial charge in [0.2, 0.25) is 0 Å². The first-order valence-corrected chi connectivity index (χ1v) is 25.1. The molecule has 0 aromatic heterocycles. The van der Waals surface area contributed by atoms with Crippen molar-refractivity contribution in [3.63, 3.8) is 0 Å². The molecular weight excluding hydrogens is 781 g/mol. The van der Waals surface area contributed by atoms with Gasteiger partial charge in [0.25, 0.3) is 0 Å². The molecule has 0 aliphatic heterocycles. The lowest BCUT2D eigenvalue weighted by Crippen LogP contribution is -2.30. The van der Waals surface area contributed by atoms with Crippen molar-refractivity contribution in [1.29, 1.82) is 0 Å². The number of hydrogen-bond acceptors (Lipinski definition) is 6. The zero-order valence-electron chi connectivity index (χ0n) is 40.3. The fourth-order valence-electron chi connectivity index (χ4n) is 6.40. The van der Waals surface area contributed by atoms with Gasteiger partial charge in [0.05, 0.1) is 0 Å². The molecular formula is C57H90O6. The van der Waals surface area contributed by atoms with Gasteiger partial charge in [-0.15, -0.1) is 0 Å². The van der Waals surface area contributed by atoms with Crippen molar-refractivity contribution in [2.75, 3.05) is 13.2 Å². The summed E-state index contributed by atoms with van der Waals surface area (Å²) in [4.78, 5) is 38.0. The highest BCUT2D eigenvalue weighted by molar-refractivity contribution is 5.71. The lowest BCUT2D eigenvalue weighted by atomic mass is 10.1. The second kappa shape index (κ2) is 50.5. The van der Waals surface area contributed by atoms with Gasteiger partial charge in [0.1, 0.15) is 13.2 Å². The van der Waals surface area contributed by atoms with Gasteiger partial charge in [0, 0.05) is 19.3 Å². The molecule has 6 nitrogen and oxygen atoms in total. The van der Waals surface area contributed by atoms with E-state index in [1.54, 1.807) is 0 Å². The van der Waals surface area contributed by atoms with Crippen molar-refractivity contribution in [2.45, 2.75) is 207 Å². The van der Waals surface area contributed by atoms with Gasteiger partial charge >= 0.3 is 17.9 Å². The van der Waals surface area contributed by atoms with Crippen LogP contribution in [0.2, 0.25) is 0 Å². The van der Waals surface area contributed by atoms with Crippen LogP contribution >= 0.6 is 0 Å². The number of ether oxygens (including phenoxy) is 3. The Labute approximate surface area is 386 Å². The molecule has 0 rings (SSSR count). The summed E-state index contributed by atoms with van der Waals surface area (Å²) in [6.07, 6.45) is 68.9. The number of carbonyl (C=O) groups is 3. The monoisotopic (exact) mass is 871 g/mol. The summed E-state index contributed by atoms with van der Waals surface area (Å²) >= 11 is 0. The zero-order chi connectivity index (χ0) is 45.8. The lowest BCUT2D eigenvalue weighted by Gasteiger charge is -2.18. The van der Waals surface area contributed by atoms with Gasteiger partial charge in [-0.1, -0.05) is 206 Å². The summed E-state index contributed by atoms with van der Waals surface area (Å²) in [5.41, 5.74) is 0. The van der Waals surface area contributed by atoms with E-state index in [1.807, 2.05) is 48.6 Å². The third-order valence-electron chi connectivity index (χ3n) is 10.1. The Kier molecular flexibility index (Phi) is 47.1. The molecule has 0 saturated heterocycles. The summed E-state index contributed by atoms with van der Waals surface area (Å²) in [6.45, 7) is 6.20. The summed E-state index contributed by atoms with van der Waals surface area (Å²) < 4.78 is 16.7. The molecule has 354 valence electrons. The predicted octanol–water partition coefficient (Wildman–Crippen LogP) is 16.5. The van der Waals surface area contributed by atoms with Crippen LogP contribution in [0.25, 0.3) is 0 Å². The van der Waals surface area contributed by atoms with E-state index in [0.29, 0.717) is 19.3 Å². The maximum Gasteiger partial charge on any atom is 0.306 e. The molecule has 6 heteroatoms. The first-order chi connectivity index (χ1) is 31.0. The zero-order valence-corrected chi connectivity index (χ0v) is 40.3. The quantitative estimate of drug-likeness (QED) is 0.0200. The van der Waals surface area contributed by atoms with Crippen molar-refractivity contribution in [1.82, 2.24) is 0 Å². The number of hydrogen-bond donors (Lipinski definition) is 0. The molecule has 1 unspecified atom stereocenters. The standard InChI is InChI=1S/C57H90O6/c1-4-7-10-13-16-19-22-25-28-30-32-35-38-41-44-47-50-56(59)62-53-54(52-61-55(58)49-46-43-40-37-34-31-27-24-21-18-15-12-9-6-3)63-57(60)51-48-45-42-39-36-33-29-26-23-20-17-14-11-8-5-2/h7-12,14,16-21,23,25-26,28-29,33,36,54H,4-6,13,15,22,24,27,30-32,34-35,37-53H2,1-3H3/b10-7-,11-8-,12-9-,17-14-,19-16-,21-18-,23-20-,28-25-,29-26-,36-33-. The van der Waals surface area contributed by atoms with E-state index >= 15 is 0 Å². The molecule has 0 amide bonds. The normalized spacial score (nSPS) is 13.1. The van der Waals surface area contributed by atoms with Gasteiger partial charge in [-0.3, -0.25) is 14.4 Å². The van der Waals surface area contributed by atoms with Gasteiger partial charge < -0.3 is 14.2 Å². The highest BCUT2D eigenvalue weighted by atomic mass is 16.6. The van der Waals surface area contributed by atoms with E-state index in [4.69, 9.17) is 14.2 Å². The first kappa shape index (κ1) is 58.8. The summed E-state index contributed by atoms with van der Waals surface area (Å²) in [5, 5.41) is 0. The first-order valence-electron chi connectivity index (χ1n) is 25.1. The SMILES string of the molecule is CC\C=C/C=C\C=C/C=C\C=C/CCCCCC(=O)OC(COC(=O)CCCCCCCC/C=C\C/C=C\C/C=C\CC)COC(=O)CCCCCCCCC/C=C\C/C=C\CC. The van der Waals surface area contributed by atoms with Crippen LogP contribution in [0.5, 0.6) is 0 Å². The highest BCUT2D eigenvalue weighted by Crippen LogP contribution is 2.13. The van der Waals surface area contributed by atoms with Gasteiger partial charge in [-0.25, -0.2) is 0 Å². The van der Waals surface area contributed by atoms with E-state index in [-0.39, 0.29) is 37.5 Å². The fraction of sp³-hybridized carbons (Fsp3) is 0.596. The third-order valence-corrected chi connectivity index (χ3v) is 10.1. The largest absolute Gasteiger partial charge is 0.462 e. The molecule has 0 saturated carbocycles. The summed E-state index contributed by atoms with van der Waals surface area (Å²) in [6, 6.07) is 0. The maximum absolute atomic E-state index is 12.8. The van der Waals surface area contributed by atoms with Crippen molar-refractivity contribution in [3.8, 4) is 0 Å². The molecule has 0 aromatic rings. The van der Waals surface area contributed by atoms with Gasteiger partial charge in [-0.2, -0.15) is 0 Å². The molecule has 1 atom stereocenters. The minimum atomic E-state index is -0.812. The van der Waals surface area contributed by atoms with Crippen LogP contribution in [-0.2, 0) is 28.6 Å². The molecule has 0 aliphatic rings. The van der Waals surface area contributed by atoms with Crippen molar-refractivity contribution in [2.24, 2.45) is 0 Å². The smallest absolute Gasteiger partial charge is 0.306 e. The predicted molar refractivity (Wildman–Crippen MR) is 269 cm³/mol. The number of unbranched alkanes of at least 4 members (excludes halogenated alkanes) is 16. The molecule has 0 radical (unpaired) electrons. The molecule has 0 N–H and O–H groups in total. The number of carbonyl (C=O) groups excluding carboxylic acids is 3. The molecule has 63 heavy (non-hydrogen) atoms. The molecule has 0 spiro atoms. The van der Waals surface area contributed by atoms with Crippen LogP contribution in [0.4, 0.5) is 0 Å². The van der Waals surface area contributed by atoms with Gasteiger partial charge in [-0.05, 0) is 96.3 Å². The molecule has 0 heterocycles. The fourth-order valence-corrected chi connectivity index (χ4v) is 6.40. The number of rotatable bonds is 43. The third kappa shape index (κ3) is 48.7. The summed E-state index contributed by atoms with van der Waals surface area (Å²) in [7, 11) is 0. The molecule has 0 aliphatic carbocycles. The van der Waals surface area contributed by atoms with Crippen LogP contribution < -0.4 is 0 Å².